The fraction of sp³-hybridized carbons (Fsp3) is 0.467. The highest BCUT2D eigenvalue weighted by Gasteiger charge is 2.26. The van der Waals surface area contributed by atoms with Crippen molar-refractivity contribution in [1.82, 2.24) is 10.7 Å². The van der Waals surface area contributed by atoms with Gasteiger partial charge in [-0.25, -0.2) is 0 Å². The Bertz CT molecular complexity index is 486. The Kier molecular flexibility index (Phi) is 6.03. The molecular weight excluding hydrogens is 254 g/mol. The van der Waals surface area contributed by atoms with Gasteiger partial charge in [0.25, 0.3) is 5.91 Å². The molecule has 1 fully saturated rings. The smallest absolute Gasteiger partial charge is 0.260 e. The maximum absolute atomic E-state index is 11.7. The number of hydrogen-bond acceptors (Lipinski definition) is 3. The average molecular weight is 277 g/mol. The fourth-order valence-electron chi connectivity index (χ4n) is 1.85. The van der Waals surface area contributed by atoms with Crippen molar-refractivity contribution in [3.05, 3.63) is 29.3 Å². The van der Waals surface area contributed by atoms with Crippen molar-refractivity contribution < 1.29 is 9.59 Å². The van der Waals surface area contributed by atoms with Gasteiger partial charge in [-0.2, -0.15) is 0 Å². The van der Waals surface area contributed by atoms with Gasteiger partial charge in [-0.1, -0.05) is 19.9 Å². The second-order valence-electron chi connectivity index (χ2n) is 4.57. The summed E-state index contributed by atoms with van der Waals surface area (Å²) in [7, 11) is 0. The summed E-state index contributed by atoms with van der Waals surface area (Å²) in [4.78, 5) is 22.7. The van der Waals surface area contributed by atoms with Gasteiger partial charge in [0.05, 0.1) is 5.69 Å². The van der Waals surface area contributed by atoms with Gasteiger partial charge in [0.15, 0.2) is 0 Å². The monoisotopic (exact) mass is 277 g/mol. The van der Waals surface area contributed by atoms with E-state index in [1.54, 1.807) is 0 Å². The van der Waals surface area contributed by atoms with Crippen molar-refractivity contribution in [2.75, 3.05) is 5.43 Å². The molecule has 1 saturated heterocycles. The van der Waals surface area contributed by atoms with E-state index in [0.717, 1.165) is 11.3 Å². The van der Waals surface area contributed by atoms with E-state index in [0.29, 0.717) is 12.8 Å². The van der Waals surface area contributed by atoms with E-state index in [4.69, 9.17) is 0 Å². The molecule has 1 aliphatic heterocycles. The highest BCUT2D eigenvalue weighted by Crippen LogP contribution is 2.13. The molecule has 20 heavy (non-hydrogen) atoms. The van der Waals surface area contributed by atoms with Crippen LogP contribution >= 0.6 is 0 Å². The second-order valence-corrected chi connectivity index (χ2v) is 4.57. The molecule has 2 amide bonds. The number of carbonyl (C=O) groups is 2. The van der Waals surface area contributed by atoms with Crippen molar-refractivity contribution in [2.24, 2.45) is 0 Å². The third-order valence-electron chi connectivity index (χ3n) is 3.15. The van der Waals surface area contributed by atoms with Crippen LogP contribution in [0.25, 0.3) is 0 Å². The van der Waals surface area contributed by atoms with Crippen LogP contribution in [-0.4, -0.2) is 17.9 Å². The molecule has 5 heteroatoms. The van der Waals surface area contributed by atoms with E-state index in [9.17, 15) is 9.59 Å². The van der Waals surface area contributed by atoms with E-state index in [-0.39, 0.29) is 11.8 Å². The summed E-state index contributed by atoms with van der Waals surface area (Å²) in [6, 6.07) is 5.43. The van der Waals surface area contributed by atoms with Crippen LogP contribution in [0.15, 0.2) is 18.2 Å². The number of hydrazine groups is 1. The first kappa shape index (κ1) is 16.0. The van der Waals surface area contributed by atoms with Crippen LogP contribution in [0.1, 0.15) is 37.8 Å². The fourth-order valence-corrected chi connectivity index (χ4v) is 1.85. The molecule has 1 atom stereocenters. The Morgan fingerprint density at radius 3 is 2.50 bits per heavy atom. The molecule has 0 aliphatic carbocycles. The average Bonchev–Trinajstić information content (AvgIpc) is 2.89. The van der Waals surface area contributed by atoms with Crippen LogP contribution in [0.2, 0.25) is 0 Å². The van der Waals surface area contributed by atoms with E-state index in [1.807, 2.05) is 45.9 Å². The van der Waals surface area contributed by atoms with E-state index in [2.05, 4.69) is 16.2 Å². The van der Waals surface area contributed by atoms with Crippen LogP contribution in [0.3, 0.4) is 0 Å². The van der Waals surface area contributed by atoms with Gasteiger partial charge in [-0.05, 0) is 43.5 Å². The zero-order valence-corrected chi connectivity index (χ0v) is 12.5. The Labute approximate surface area is 120 Å². The minimum Gasteiger partial charge on any atom is -0.344 e. The topological polar surface area (TPSA) is 70.2 Å². The molecule has 1 aromatic rings. The lowest BCUT2D eigenvalue weighted by Crippen LogP contribution is -2.43. The normalized spacial score (nSPS) is 16.8. The van der Waals surface area contributed by atoms with Gasteiger partial charge < -0.3 is 5.32 Å². The van der Waals surface area contributed by atoms with Gasteiger partial charge in [0.1, 0.15) is 6.04 Å². The highest BCUT2D eigenvalue weighted by atomic mass is 16.2. The Hall–Kier alpha value is -2.04. The first-order chi connectivity index (χ1) is 9.56. The zero-order chi connectivity index (χ0) is 15.1. The van der Waals surface area contributed by atoms with Crippen molar-refractivity contribution in [1.29, 1.82) is 0 Å². The lowest BCUT2D eigenvalue weighted by atomic mass is 10.1. The first-order valence-corrected chi connectivity index (χ1v) is 6.99. The second kappa shape index (κ2) is 7.53. The number of anilines is 1. The summed E-state index contributed by atoms with van der Waals surface area (Å²) in [5.74, 6) is -0.277. The van der Waals surface area contributed by atoms with Crippen molar-refractivity contribution in [2.45, 2.75) is 46.6 Å². The molecule has 0 radical (unpaired) electrons. The molecular formula is C15H23N3O2. The maximum Gasteiger partial charge on any atom is 0.260 e. The minimum atomic E-state index is -0.420. The molecule has 1 aliphatic rings. The Morgan fingerprint density at radius 1 is 1.25 bits per heavy atom. The molecule has 2 rings (SSSR count). The highest BCUT2D eigenvalue weighted by molar-refractivity contribution is 5.91. The van der Waals surface area contributed by atoms with Crippen LogP contribution in [-0.2, 0) is 9.59 Å². The molecule has 110 valence electrons. The number of nitrogens with one attached hydrogen (secondary N) is 3. The molecule has 0 saturated carbocycles. The molecule has 1 unspecified atom stereocenters. The molecule has 0 aromatic heterocycles. The lowest BCUT2D eigenvalue weighted by molar-refractivity contribution is -0.125. The summed E-state index contributed by atoms with van der Waals surface area (Å²) in [6.45, 7) is 8.05. The molecule has 1 aromatic carbocycles. The number of amides is 2. The Balaban J connectivity index is 0.000000956. The summed E-state index contributed by atoms with van der Waals surface area (Å²) in [6.07, 6.45) is 0.973. The number of aryl methyl sites for hydroxylation is 2. The third-order valence-corrected chi connectivity index (χ3v) is 3.15. The van der Waals surface area contributed by atoms with E-state index in [1.165, 1.54) is 5.56 Å². The molecule has 1 heterocycles. The van der Waals surface area contributed by atoms with Crippen LogP contribution < -0.4 is 16.2 Å². The van der Waals surface area contributed by atoms with Crippen LogP contribution in [0, 0.1) is 13.8 Å². The predicted octanol–water partition coefficient (Wildman–Crippen LogP) is 2.05. The molecule has 0 spiro atoms. The van der Waals surface area contributed by atoms with Gasteiger partial charge in [-0.15, -0.1) is 0 Å². The third kappa shape index (κ3) is 4.26. The van der Waals surface area contributed by atoms with Crippen LogP contribution in [0.5, 0.6) is 0 Å². The van der Waals surface area contributed by atoms with Crippen molar-refractivity contribution in [3.8, 4) is 0 Å². The van der Waals surface area contributed by atoms with Gasteiger partial charge in [-0.3, -0.25) is 20.4 Å². The van der Waals surface area contributed by atoms with E-state index < -0.39 is 6.04 Å². The zero-order valence-electron chi connectivity index (χ0n) is 12.5. The van der Waals surface area contributed by atoms with E-state index >= 15 is 0 Å². The predicted molar refractivity (Wildman–Crippen MR) is 80.2 cm³/mol. The summed E-state index contributed by atoms with van der Waals surface area (Å²) in [5, 5.41) is 2.62. The largest absolute Gasteiger partial charge is 0.344 e. The Morgan fingerprint density at radius 2 is 1.95 bits per heavy atom. The molecule has 5 nitrogen and oxygen atoms in total. The van der Waals surface area contributed by atoms with Crippen molar-refractivity contribution in [3.63, 3.8) is 0 Å². The standard InChI is InChI=1S/C13H17N3O2.C2H6/c1-8-3-4-10(7-9(8)2)15-16-13(18)11-5-6-12(17)14-11;1-2/h3-4,7,11,15H,5-6H2,1-2H3,(H,14,17)(H,16,18);1-2H3. The minimum absolute atomic E-state index is 0.0682. The quantitative estimate of drug-likeness (QED) is 0.741. The summed E-state index contributed by atoms with van der Waals surface area (Å²) in [5.41, 5.74) is 8.65. The van der Waals surface area contributed by atoms with Crippen LogP contribution in [0.4, 0.5) is 5.69 Å². The summed E-state index contributed by atoms with van der Waals surface area (Å²) < 4.78 is 0. The molecule has 0 bridgehead atoms. The number of carbonyl (C=O) groups excluding carboxylic acids is 2. The first-order valence-electron chi connectivity index (χ1n) is 6.99. The maximum atomic E-state index is 11.7. The van der Waals surface area contributed by atoms with Gasteiger partial charge in [0.2, 0.25) is 5.91 Å². The lowest BCUT2D eigenvalue weighted by Gasteiger charge is -2.13. The molecule has 3 N–H and O–H groups in total. The number of rotatable bonds is 3. The van der Waals surface area contributed by atoms with Crippen molar-refractivity contribution >= 4 is 17.5 Å². The summed E-state index contributed by atoms with van der Waals surface area (Å²) >= 11 is 0. The number of hydrogen-bond donors (Lipinski definition) is 3. The SMILES string of the molecule is CC.Cc1ccc(NNC(=O)C2CCC(=O)N2)cc1C. The van der Waals surface area contributed by atoms with Gasteiger partial charge in [0, 0.05) is 6.42 Å². The number of benzene rings is 1. The van der Waals surface area contributed by atoms with Gasteiger partial charge >= 0.3 is 0 Å².